The Labute approximate surface area is 185 Å². The van der Waals surface area contributed by atoms with Gasteiger partial charge >= 0.3 is 11.9 Å². The summed E-state index contributed by atoms with van der Waals surface area (Å²) in [5, 5.41) is 0. The summed E-state index contributed by atoms with van der Waals surface area (Å²) in [7, 11) is 5.43. The first kappa shape index (κ1) is 22.8. The highest BCUT2D eigenvalue weighted by Crippen LogP contribution is 2.30. The third-order valence-electron chi connectivity index (χ3n) is 4.90. The van der Waals surface area contributed by atoms with Crippen molar-refractivity contribution in [2.24, 2.45) is 0 Å². The number of methoxy groups -OCH3 is 4. The number of benzene rings is 2. The van der Waals surface area contributed by atoms with Crippen LogP contribution in [0.2, 0.25) is 0 Å². The number of hydrogen-bond acceptors (Lipinski definition) is 9. The van der Waals surface area contributed by atoms with Crippen molar-refractivity contribution in [1.29, 1.82) is 0 Å². The SMILES string of the molecule is COC(=O)C1=C(C(=O)OC)N(c2cccc(C(=O)c3ccc(OC)c(OC)c3)c2)COC1. The number of carbonyl (C=O) groups is 3. The lowest BCUT2D eigenvalue weighted by atomic mass is 10.0. The summed E-state index contributed by atoms with van der Waals surface area (Å²) in [6.45, 7) is -0.114. The van der Waals surface area contributed by atoms with E-state index in [9.17, 15) is 14.4 Å². The Morgan fingerprint density at radius 3 is 2.19 bits per heavy atom. The van der Waals surface area contributed by atoms with Crippen LogP contribution >= 0.6 is 0 Å². The van der Waals surface area contributed by atoms with Crippen LogP contribution in [0.25, 0.3) is 0 Å². The van der Waals surface area contributed by atoms with Crippen molar-refractivity contribution in [3.8, 4) is 11.5 Å². The van der Waals surface area contributed by atoms with Crippen LogP contribution in [-0.4, -0.2) is 59.5 Å². The normalized spacial score (nSPS) is 13.4. The van der Waals surface area contributed by atoms with Gasteiger partial charge in [0.1, 0.15) is 12.4 Å². The summed E-state index contributed by atoms with van der Waals surface area (Å²) in [6.07, 6.45) is 0. The van der Waals surface area contributed by atoms with Crippen LogP contribution in [0.5, 0.6) is 11.5 Å². The number of rotatable bonds is 7. The lowest BCUT2D eigenvalue weighted by Crippen LogP contribution is -2.38. The van der Waals surface area contributed by atoms with Crippen LogP contribution in [-0.2, 0) is 23.8 Å². The second-order valence-corrected chi connectivity index (χ2v) is 6.67. The van der Waals surface area contributed by atoms with E-state index in [1.54, 1.807) is 42.5 Å². The summed E-state index contributed by atoms with van der Waals surface area (Å²) in [6, 6.07) is 11.5. The highest BCUT2D eigenvalue weighted by Gasteiger charge is 2.32. The molecular weight excluding hydrogens is 418 g/mol. The highest BCUT2D eigenvalue weighted by atomic mass is 16.5. The molecular formula is C23H23NO8. The maximum atomic E-state index is 13.1. The average molecular weight is 441 g/mol. The molecule has 2 aromatic rings. The molecule has 2 aromatic carbocycles. The summed E-state index contributed by atoms with van der Waals surface area (Å²) in [5.41, 5.74) is 1.26. The molecule has 168 valence electrons. The van der Waals surface area contributed by atoms with Gasteiger partial charge in [-0.05, 0) is 30.3 Å². The molecule has 9 heteroatoms. The first-order valence-corrected chi connectivity index (χ1v) is 9.57. The zero-order chi connectivity index (χ0) is 23.3. The van der Waals surface area contributed by atoms with Gasteiger partial charge in [-0.25, -0.2) is 9.59 Å². The molecule has 1 aliphatic rings. The second-order valence-electron chi connectivity index (χ2n) is 6.67. The maximum Gasteiger partial charge on any atom is 0.355 e. The fourth-order valence-electron chi connectivity index (χ4n) is 3.31. The molecule has 0 unspecified atom stereocenters. The van der Waals surface area contributed by atoms with Gasteiger partial charge in [0.2, 0.25) is 0 Å². The molecule has 0 radical (unpaired) electrons. The Hall–Kier alpha value is -3.85. The number of hydrogen-bond donors (Lipinski definition) is 0. The molecule has 0 N–H and O–H groups in total. The van der Waals surface area contributed by atoms with Gasteiger partial charge in [0.25, 0.3) is 0 Å². The zero-order valence-electron chi connectivity index (χ0n) is 18.2. The molecule has 0 fully saturated rings. The number of ether oxygens (including phenoxy) is 5. The van der Waals surface area contributed by atoms with Crippen molar-refractivity contribution < 1.29 is 38.1 Å². The summed E-state index contributed by atoms with van der Waals surface area (Å²) < 4.78 is 25.6. The Morgan fingerprint density at radius 1 is 0.844 bits per heavy atom. The fourth-order valence-corrected chi connectivity index (χ4v) is 3.31. The van der Waals surface area contributed by atoms with Crippen molar-refractivity contribution in [2.45, 2.75) is 0 Å². The van der Waals surface area contributed by atoms with E-state index in [2.05, 4.69) is 0 Å². The van der Waals surface area contributed by atoms with E-state index in [1.807, 2.05) is 0 Å². The monoisotopic (exact) mass is 441 g/mol. The number of carbonyl (C=O) groups excluding carboxylic acids is 3. The van der Waals surface area contributed by atoms with Gasteiger partial charge in [-0.1, -0.05) is 12.1 Å². The molecule has 1 aliphatic heterocycles. The van der Waals surface area contributed by atoms with Crippen molar-refractivity contribution in [1.82, 2.24) is 0 Å². The van der Waals surface area contributed by atoms with Crippen molar-refractivity contribution in [3.63, 3.8) is 0 Å². The predicted molar refractivity (Wildman–Crippen MR) is 114 cm³/mol. The van der Waals surface area contributed by atoms with E-state index in [4.69, 9.17) is 23.7 Å². The molecule has 0 bridgehead atoms. The minimum atomic E-state index is -0.717. The standard InChI is InChI=1S/C23H23NO8/c1-28-18-9-8-15(11-19(18)29-2)21(25)14-6-5-7-16(10-14)24-13-32-12-17(22(26)30-3)20(24)23(27)31-4/h5-11H,12-13H2,1-4H3. The third-order valence-corrected chi connectivity index (χ3v) is 4.90. The van der Waals surface area contributed by atoms with Crippen LogP contribution in [0.4, 0.5) is 5.69 Å². The van der Waals surface area contributed by atoms with Gasteiger partial charge in [-0.2, -0.15) is 0 Å². The quantitative estimate of drug-likeness (QED) is 0.473. The molecule has 32 heavy (non-hydrogen) atoms. The van der Waals surface area contributed by atoms with Crippen LogP contribution in [0, 0.1) is 0 Å². The third kappa shape index (κ3) is 4.42. The molecule has 1 heterocycles. The highest BCUT2D eigenvalue weighted by molar-refractivity contribution is 6.10. The number of ketones is 1. The number of nitrogens with zero attached hydrogens (tertiary/aromatic N) is 1. The Kier molecular flexibility index (Phi) is 7.11. The molecule has 0 amide bonds. The molecule has 0 aliphatic carbocycles. The second kappa shape index (κ2) is 9.97. The van der Waals surface area contributed by atoms with Crippen LogP contribution in [0.1, 0.15) is 15.9 Å². The summed E-state index contributed by atoms with van der Waals surface area (Å²) >= 11 is 0. The lowest BCUT2D eigenvalue weighted by Gasteiger charge is -2.31. The van der Waals surface area contributed by atoms with Crippen molar-refractivity contribution >= 4 is 23.4 Å². The van der Waals surface area contributed by atoms with E-state index in [0.29, 0.717) is 28.3 Å². The average Bonchev–Trinajstić information content (AvgIpc) is 2.86. The van der Waals surface area contributed by atoms with Crippen LogP contribution in [0.3, 0.4) is 0 Å². The van der Waals surface area contributed by atoms with Gasteiger partial charge in [0.05, 0.1) is 40.6 Å². The van der Waals surface area contributed by atoms with E-state index in [1.165, 1.54) is 33.3 Å². The Balaban J connectivity index is 2.02. The summed E-state index contributed by atoms with van der Waals surface area (Å²) in [4.78, 5) is 39.2. The van der Waals surface area contributed by atoms with Gasteiger partial charge < -0.3 is 28.6 Å². The molecule has 0 saturated carbocycles. The number of esters is 2. The predicted octanol–water partition coefficient (Wildman–Crippen LogP) is 2.33. The van der Waals surface area contributed by atoms with E-state index < -0.39 is 11.9 Å². The minimum absolute atomic E-state index is 0.00122. The first-order valence-electron chi connectivity index (χ1n) is 9.57. The molecule has 0 atom stereocenters. The van der Waals surface area contributed by atoms with Crippen molar-refractivity contribution in [2.75, 3.05) is 46.7 Å². The molecule has 3 rings (SSSR count). The smallest absolute Gasteiger partial charge is 0.355 e. The molecule has 0 aromatic heterocycles. The van der Waals surface area contributed by atoms with Gasteiger partial charge in [0, 0.05) is 16.8 Å². The fraction of sp³-hybridized carbons (Fsp3) is 0.261. The Bertz CT molecular complexity index is 1080. The lowest BCUT2D eigenvalue weighted by molar-refractivity contribution is -0.140. The Morgan fingerprint density at radius 2 is 1.53 bits per heavy atom. The largest absolute Gasteiger partial charge is 0.493 e. The molecule has 0 saturated heterocycles. The van der Waals surface area contributed by atoms with Gasteiger partial charge in [-0.3, -0.25) is 4.79 Å². The molecule has 9 nitrogen and oxygen atoms in total. The topological polar surface area (TPSA) is 101 Å². The zero-order valence-corrected chi connectivity index (χ0v) is 18.2. The van der Waals surface area contributed by atoms with Gasteiger partial charge in [0.15, 0.2) is 17.3 Å². The van der Waals surface area contributed by atoms with Gasteiger partial charge in [-0.15, -0.1) is 0 Å². The van der Waals surface area contributed by atoms with E-state index >= 15 is 0 Å². The number of anilines is 1. The summed E-state index contributed by atoms with van der Waals surface area (Å²) in [5.74, 6) is -0.746. The maximum absolute atomic E-state index is 13.1. The van der Waals surface area contributed by atoms with Crippen LogP contribution < -0.4 is 14.4 Å². The van der Waals surface area contributed by atoms with Crippen molar-refractivity contribution in [3.05, 3.63) is 64.9 Å². The first-order chi connectivity index (χ1) is 15.4. The van der Waals surface area contributed by atoms with Crippen LogP contribution in [0.15, 0.2) is 53.7 Å². The van der Waals surface area contributed by atoms with E-state index in [0.717, 1.165) is 0 Å². The molecule has 0 spiro atoms. The van der Waals surface area contributed by atoms with E-state index in [-0.39, 0.29) is 30.4 Å². The minimum Gasteiger partial charge on any atom is -0.493 e.